The minimum absolute atomic E-state index is 0.0981. The molecule has 2 atom stereocenters. The van der Waals surface area contributed by atoms with Gasteiger partial charge in [-0.25, -0.2) is 0 Å². The summed E-state index contributed by atoms with van der Waals surface area (Å²) in [5, 5.41) is 3.24. The molecule has 0 spiro atoms. The molecule has 0 bridgehead atoms. The molecule has 25 heavy (non-hydrogen) atoms. The smallest absolute Gasteiger partial charge is 0.315 e. The Morgan fingerprint density at radius 2 is 1.88 bits per heavy atom. The lowest BCUT2D eigenvalue weighted by atomic mass is 9.66. The number of ketones is 1. The summed E-state index contributed by atoms with van der Waals surface area (Å²) in [6, 6.07) is 8.00. The minimum atomic E-state index is -0.600. The van der Waals surface area contributed by atoms with Crippen LogP contribution < -0.4 is 5.32 Å². The second-order valence-corrected chi connectivity index (χ2v) is 7.87. The molecule has 1 N–H and O–H groups in total. The van der Waals surface area contributed by atoms with E-state index in [1.54, 1.807) is 0 Å². The SMILES string of the molecule is C=C1NC2=C(C(=O)CC(C)(C)C2)C(c2ccc(C)cc2)C1C(=O)OC. The van der Waals surface area contributed by atoms with Crippen LogP contribution in [-0.2, 0) is 14.3 Å². The summed E-state index contributed by atoms with van der Waals surface area (Å²) >= 11 is 0. The number of carbonyl (C=O) groups excluding carboxylic acids is 2. The average Bonchev–Trinajstić information content (AvgIpc) is 2.52. The zero-order valence-corrected chi connectivity index (χ0v) is 15.3. The van der Waals surface area contributed by atoms with Crippen molar-refractivity contribution in [2.24, 2.45) is 11.3 Å². The molecule has 2 aliphatic rings. The van der Waals surface area contributed by atoms with Crippen molar-refractivity contribution in [2.75, 3.05) is 7.11 Å². The standard InChI is InChI=1S/C21H25NO3/c1-12-6-8-14(9-7-12)18-17(20(24)25-5)13(2)22-15-10-21(3,4)11-16(23)19(15)18/h6-9,17-18,22H,2,10-11H2,1,3-5H3. The first-order valence-electron chi connectivity index (χ1n) is 8.60. The zero-order valence-electron chi connectivity index (χ0n) is 15.3. The molecule has 2 unspecified atom stereocenters. The largest absolute Gasteiger partial charge is 0.468 e. The molecule has 1 aliphatic carbocycles. The van der Waals surface area contributed by atoms with Crippen molar-refractivity contribution >= 4 is 11.8 Å². The predicted molar refractivity (Wildman–Crippen MR) is 96.7 cm³/mol. The number of rotatable bonds is 2. The molecule has 0 fully saturated rings. The normalized spacial score (nSPS) is 25.3. The molecule has 0 aromatic heterocycles. The fraction of sp³-hybridized carbons (Fsp3) is 0.429. The molecule has 0 saturated carbocycles. The lowest BCUT2D eigenvalue weighted by molar-refractivity contribution is -0.144. The number of carbonyl (C=O) groups is 2. The molecule has 0 saturated heterocycles. The number of hydrogen-bond acceptors (Lipinski definition) is 4. The Hall–Kier alpha value is -2.36. The minimum Gasteiger partial charge on any atom is -0.468 e. The van der Waals surface area contributed by atoms with E-state index in [9.17, 15) is 9.59 Å². The highest BCUT2D eigenvalue weighted by molar-refractivity contribution is 6.00. The summed E-state index contributed by atoms with van der Waals surface area (Å²) in [4.78, 5) is 25.5. The number of benzene rings is 1. The van der Waals surface area contributed by atoms with Crippen molar-refractivity contribution in [3.05, 3.63) is 58.9 Å². The van der Waals surface area contributed by atoms with E-state index < -0.39 is 5.92 Å². The quantitative estimate of drug-likeness (QED) is 0.836. The van der Waals surface area contributed by atoms with Crippen LogP contribution in [-0.4, -0.2) is 18.9 Å². The number of allylic oxidation sites excluding steroid dienone is 2. The van der Waals surface area contributed by atoms with Crippen LogP contribution in [0.3, 0.4) is 0 Å². The highest BCUT2D eigenvalue weighted by Crippen LogP contribution is 2.48. The Labute approximate surface area is 149 Å². The van der Waals surface area contributed by atoms with Gasteiger partial charge < -0.3 is 10.1 Å². The summed E-state index contributed by atoms with van der Waals surface area (Å²) in [5.41, 5.74) is 4.20. The van der Waals surface area contributed by atoms with Crippen LogP contribution in [0, 0.1) is 18.3 Å². The van der Waals surface area contributed by atoms with Gasteiger partial charge in [0.2, 0.25) is 0 Å². The van der Waals surface area contributed by atoms with Crippen LogP contribution in [0.15, 0.2) is 47.8 Å². The third-order valence-corrected chi connectivity index (χ3v) is 5.14. The Bertz CT molecular complexity index is 771. The maximum Gasteiger partial charge on any atom is 0.315 e. The first kappa shape index (κ1) is 17.5. The van der Waals surface area contributed by atoms with E-state index in [0.29, 0.717) is 17.7 Å². The van der Waals surface area contributed by atoms with Crippen molar-refractivity contribution < 1.29 is 14.3 Å². The fourth-order valence-electron chi connectivity index (χ4n) is 3.98. The van der Waals surface area contributed by atoms with Crippen LogP contribution in [0.1, 0.15) is 43.7 Å². The van der Waals surface area contributed by atoms with Gasteiger partial charge in [-0.15, -0.1) is 0 Å². The zero-order chi connectivity index (χ0) is 18.4. The molecule has 1 aromatic carbocycles. The van der Waals surface area contributed by atoms with E-state index >= 15 is 0 Å². The van der Waals surface area contributed by atoms with Gasteiger partial charge in [-0.3, -0.25) is 9.59 Å². The van der Waals surface area contributed by atoms with E-state index in [2.05, 4.69) is 25.7 Å². The molecular weight excluding hydrogens is 314 g/mol. The third kappa shape index (κ3) is 3.13. The van der Waals surface area contributed by atoms with Crippen molar-refractivity contribution in [1.29, 1.82) is 0 Å². The third-order valence-electron chi connectivity index (χ3n) is 5.14. The Morgan fingerprint density at radius 1 is 1.24 bits per heavy atom. The summed E-state index contributed by atoms with van der Waals surface area (Å²) in [5.74, 6) is -1.21. The second-order valence-electron chi connectivity index (χ2n) is 7.87. The van der Waals surface area contributed by atoms with Gasteiger partial charge in [0.25, 0.3) is 0 Å². The molecule has 1 aliphatic heterocycles. The lowest BCUT2D eigenvalue weighted by Gasteiger charge is -2.42. The van der Waals surface area contributed by atoms with E-state index in [-0.39, 0.29) is 23.1 Å². The second kappa shape index (κ2) is 6.17. The molecular formula is C21H25NO3. The molecule has 1 heterocycles. The predicted octanol–water partition coefficient (Wildman–Crippen LogP) is 3.63. The average molecular weight is 339 g/mol. The van der Waals surface area contributed by atoms with Gasteiger partial charge in [0.05, 0.1) is 7.11 Å². The molecule has 0 amide bonds. The fourth-order valence-corrected chi connectivity index (χ4v) is 3.98. The van der Waals surface area contributed by atoms with Crippen LogP contribution in [0.5, 0.6) is 0 Å². The van der Waals surface area contributed by atoms with Gasteiger partial charge in [0.1, 0.15) is 5.92 Å². The van der Waals surface area contributed by atoms with E-state index in [1.807, 2.05) is 31.2 Å². The topological polar surface area (TPSA) is 55.4 Å². The van der Waals surface area contributed by atoms with Crippen LogP contribution in [0.2, 0.25) is 0 Å². The molecule has 132 valence electrons. The molecule has 4 heteroatoms. The van der Waals surface area contributed by atoms with Gasteiger partial charge in [-0.2, -0.15) is 0 Å². The van der Waals surface area contributed by atoms with Crippen LogP contribution in [0.25, 0.3) is 0 Å². The maximum absolute atomic E-state index is 13.0. The Balaban J connectivity index is 2.18. The monoisotopic (exact) mass is 339 g/mol. The summed E-state index contributed by atoms with van der Waals surface area (Å²) in [6.45, 7) is 10.3. The van der Waals surface area contributed by atoms with Crippen LogP contribution >= 0.6 is 0 Å². The Kier molecular flexibility index (Phi) is 4.31. The van der Waals surface area contributed by atoms with E-state index in [0.717, 1.165) is 23.2 Å². The molecule has 3 rings (SSSR count). The van der Waals surface area contributed by atoms with E-state index in [4.69, 9.17) is 4.74 Å². The van der Waals surface area contributed by atoms with Crippen molar-refractivity contribution in [3.63, 3.8) is 0 Å². The number of aryl methyl sites for hydroxylation is 1. The Morgan fingerprint density at radius 3 is 2.48 bits per heavy atom. The molecule has 4 nitrogen and oxygen atoms in total. The highest BCUT2D eigenvalue weighted by atomic mass is 16.5. The van der Waals surface area contributed by atoms with Crippen molar-refractivity contribution in [1.82, 2.24) is 5.32 Å². The summed E-state index contributed by atoms with van der Waals surface area (Å²) < 4.78 is 5.02. The first-order valence-corrected chi connectivity index (χ1v) is 8.60. The lowest BCUT2D eigenvalue weighted by Crippen LogP contribution is -2.43. The van der Waals surface area contributed by atoms with Gasteiger partial charge in [0, 0.05) is 29.3 Å². The van der Waals surface area contributed by atoms with E-state index in [1.165, 1.54) is 7.11 Å². The van der Waals surface area contributed by atoms with Gasteiger partial charge >= 0.3 is 5.97 Å². The summed E-state index contributed by atoms with van der Waals surface area (Å²) in [6.07, 6.45) is 1.25. The number of esters is 1. The number of nitrogens with one attached hydrogen (secondary N) is 1. The molecule has 0 radical (unpaired) electrons. The number of methoxy groups -OCH3 is 1. The van der Waals surface area contributed by atoms with Gasteiger partial charge in [-0.05, 0) is 24.3 Å². The van der Waals surface area contributed by atoms with Gasteiger partial charge in [0.15, 0.2) is 5.78 Å². The highest BCUT2D eigenvalue weighted by Gasteiger charge is 2.46. The summed E-state index contributed by atoms with van der Waals surface area (Å²) in [7, 11) is 1.37. The number of hydrogen-bond donors (Lipinski definition) is 1. The first-order chi connectivity index (χ1) is 11.7. The van der Waals surface area contributed by atoms with Gasteiger partial charge in [-0.1, -0.05) is 50.3 Å². The molecule has 1 aromatic rings. The number of ether oxygens (including phenoxy) is 1. The van der Waals surface area contributed by atoms with Crippen molar-refractivity contribution in [2.45, 2.75) is 39.5 Å². The number of Topliss-reactive ketones (excluding diaryl/α,β-unsaturated/α-hetero) is 1. The maximum atomic E-state index is 13.0. The van der Waals surface area contributed by atoms with Crippen molar-refractivity contribution in [3.8, 4) is 0 Å². The van der Waals surface area contributed by atoms with Crippen LogP contribution in [0.4, 0.5) is 0 Å².